The van der Waals surface area contributed by atoms with Gasteiger partial charge >= 0.3 is 0 Å². The maximum atomic E-state index is 13.2. The molecular weight excluding hydrogens is 450 g/mol. The van der Waals surface area contributed by atoms with Gasteiger partial charge < -0.3 is 14.8 Å². The van der Waals surface area contributed by atoms with Crippen LogP contribution in [0.1, 0.15) is 45.5 Å². The van der Waals surface area contributed by atoms with Crippen molar-refractivity contribution in [3.05, 3.63) is 52.0 Å². The van der Waals surface area contributed by atoms with Crippen molar-refractivity contribution in [1.29, 1.82) is 0 Å². The van der Waals surface area contributed by atoms with Crippen molar-refractivity contribution in [2.75, 3.05) is 31.7 Å². The summed E-state index contributed by atoms with van der Waals surface area (Å²) in [4.78, 5) is 37.4. The zero-order valence-electron chi connectivity index (χ0n) is 19.8. The normalized spacial score (nSPS) is 16.8. The molecule has 3 heterocycles. The van der Waals surface area contributed by atoms with Crippen molar-refractivity contribution < 1.29 is 9.59 Å². The zero-order valence-corrected chi connectivity index (χ0v) is 20.6. The summed E-state index contributed by atoms with van der Waals surface area (Å²) < 4.78 is 2.05. The number of hydrogen-bond donors (Lipinski definition) is 2. The second kappa shape index (κ2) is 10.5. The number of aryl methyl sites for hydroxylation is 2. The lowest BCUT2D eigenvalue weighted by Crippen LogP contribution is -2.41. The van der Waals surface area contributed by atoms with E-state index in [-0.39, 0.29) is 17.9 Å². The van der Waals surface area contributed by atoms with Crippen LogP contribution in [0.25, 0.3) is 11.0 Å². The summed E-state index contributed by atoms with van der Waals surface area (Å²) in [6, 6.07) is 5.84. The number of fused-ring (bicyclic) bond motifs is 1. The van der Waals surface area contributed by atoms with Gasteiger partial charge in [-0.1, -0.05) is 18.2 Å². The molecule has 2 aromatic heterocycles. The van der Waals surface area contributed by atoms with Crippen LogP contribution in [0, 0.1) is 13.8 Å². The van der Waals surface area contributed by atoms with E-state index in [9.17, 15) is 9.59 Å². The molecule has 0 aliphatic carbocycles. The highest BCUT2D eigenvalue weighted by Crippen LogP contribution is 2.33. The Balaban J connectivity index is 1.74. The average Bonchev–Trinajstić information content (AvgIpc) is 3.35. The third-order valence-electron chi connectivity index (χ3n) is 6.07. The number of rotatable bonds is 6. The fraction of sp³-hybridized carbons (Fsp3) is 0.417. The van der Waals surface area contributed by atoms with Gasteiger partial charge in [0.25, 0.3) is 5.91 Å². The predicted molar refractivity (Wildman–Crippen MR) is 135 cm³/mol. The van der Waals surface area contributed by atoms with Crippen LogP contribution in [0.4, 0.5) is 5.95 Å². The third-order valence-corrected chi connectivity index (χ3v) is 6.97. The van der Waals surface area contributed by atoms with Crippen LogP contribution >= 0.6 is 11.3 Å². The number of amides is 2. The van der Waals surface area contributed by atoms with Crippen molar-refractivity contribution in [3.8, 4) is 0 Å². The number of benzene rings is 1. The minimum Gasteiger partial charge on any atom is -0.337 e. The molecule has 1 aliphatic rings. The number of nitrogens with two attached hydrogens (primary N) is 1. The van der Waals surface area contributed by atoms with Crippen LogP contribution in [0.15, 0.2) is 36.5 Å². The minimum atomic E-state index is -0.351. The Labute approximate surface area is 203 Å². The molecule has 0 radical (unpaired) electrons. The summed E-state index contributed by atoms with van der Waals surface area (Å²) in [7, 11) is 1.85. The van der Waals surface area contributed by atoms with Gasteiger partial charge in [-0.15, -0.1) is 11.3 Å². The molecule has 1 aromatic carbocycles. The van der Waals surface area contributed by atoms with E-state index in [2.05, 4.69) is 14.9 Å². The summed E-state index contributed by atoms with van der Waals surface area (Å²) in [5, 5.41) is 4.93. The van der Waals surface area contributed by atoms with Crippen LogP contribution in [0.2, 0.25) is 0 Å². The molecule has 1 saturated heterocycles. The number of anilines is 1. The molecule has 180 valence electrons. The van der Waals surface area contributed by atoms with Crippen LogP contribution in [0.3, 0.4) is 0 Å². The minimum absolute atomic E-state index is 0.00865. The molecule has 0 saturated carbocycles. The van der Waals surface area contributed by atoms with Gasteiger partial charge in [0.1, 0.15) is 4.88 Å². The molecule has 0 bridgehead atoms. The van der Waals surface area contributed by atoms with Crippen LogP contribution in [0.5, 0.6) is 0 Å². The van der Waals surface area contributed by atoms with Crippen molar-refractivity contribution in [3.63, 3.8) is 0 Å². The van der Waals surface area contributed by atoms with E-state index >= 15 is 0 Å². The second-order valence-corrected chi connectivity index (χ2v) is 9.77. The van der Waals surface area contributed by atoms with E-state index in [1.54, 1.807) is 12.3 Å². The molecule has 0 spiro atoms. The first-order valence-electron chi connectivity index (χ1n) is 11.5. The Morgan fingerprint density at radius 1 is 1.32 bits per heavy atom. The molecule has 4 rings (SSSR count). The Morgan fingerprint density at radius 3 is 2.88 bits per heavy atom. The van der Waals surface area contributed by atoms with Crippen molar-refractivity contribution in [1.82, 2.24) is 24.8 Å². The number of likely N-dealkylation sites (tertiary alicyclic amines) is 1. The van der Waals surface area contributed by atoms with Gasteiger partial charge in [-0.3, -0.25) is 9.59 Å². The third kappa shape index (κ3) is 4.89. The highest BCUT2D eigenvalue weighted by atomic mass is 32.1. The highest BCUT2D eigenvalue weighted by Gasteiger charge is 2.30. The molecule has 3 N–H and O–H groups in total. The molecular formula is C24H31N7O2S. The largest absolute Gasteiger partial charge is 0.337 e. The topological polar surface area (TPSA) is 109 Å². The Kier molecular flexibility index (Phi) is 7.40. The van der Waals surface area contributed by atoms with Gasteiger partial charge in [-0.25, -0.2) is 20.8 Å². The Morgan fingerprint density at radius 2 is 2.15 bits per heavy atom. The van der Waals surface area contributed by atoms with E-state index in [0.717, 1.165) is 45.9 Å². The number of para-hydroxylation sites is 1. The number of hydrazine groups is 1. The Hall–Kier alpha value is -3.08. The van der Waals surface area contributed by atoms with Gasteiger partial charge in [-0.05, 0) is 51.8 Å². The standard InChI is InChI=1S/C24H31N7O2S/c1-16-8-6-10-19-22(16)30(24(28-19)31(25)23(33)20-14-27-17(2)34-20)18-9-4-5-13-29(15-18)21(32)11-7-12-26-3/h6-8,10-11,14,18,26H,4-5,9,12-13,15,25H2,1-3H3/b11-7+. The van der Waals surface area contributed by atoms with Gasteiger partial charge in [0.15, 0.2) is 0 Å². The van der Waals surface area contributed by atoms with Crippen molar-refractivity contribution >= 4 is 40.1 Å². The first-order chi connectivity index (χ1) is 16.4. The van der Waals surface area contributed by atoms with E-state index in [0.29, 0.717) is 30.5 Å². The van der Waals surface area contributed by atoms with Gasteiger partial charge in [0.2, 0.25) is 11.9 Å². The lowest BCUT2D eigenvalue weighted by Gasteiger charge is -2.28. The van der Waals surface area contributed by atoms with Gasteiger partial charge in [0.05, 0.1) is 28.3 Å². The smallest absolute Gasteiger partial charge is 0.286 e. The summed E-state index contributed by atoms with van der Waals surface area (Å²) in [6.07, 6.45) is 7.76. The van der Waals surface area contributed by atoms with Crippen LogP contribution < -0.4 is 16.2 Å². The molecule has 1 fully saturated rings. The molecule has 1 atom stereocenters. The van der Waals surface area contributed by atoms with Gasteiger partial charge in [-0.2, -0.15) is 0 Å². The van der Waals surface area contributed by atoms with E-state index in [1.807, 2.05) is 50.1 Å². The molecule has 1 aliphatic heterocycles. The monoisotopic (exact) mass is 481 g/mol. The summed E-state index contributed by atoms with van der Waals surface area (Å²) >= 11 is 1.30. The zero-order chi connectivity index (χ0) is 24.2. The lowest BCUT2D eigenvalue weighted by molar-refractivity contribution is -0.126. The fourth-order valence-electron chi connectivity index (χ4n) is 4.41. The molecule has 3 aromatic rings. The quantitative estimate of drug-likeness (QED) is 0.242. The maximum Gasteiger partial charge on any atom is 0.286 e. The van der Waals surface area contributed by atoms with Crippen molar-refractivity contribution in [2.45, 2.75) is 39.2 Å². The van der Waals surface area contributed by atoms with E-state index < -0.39 is 0 Å². The molecule has 2 amide bonds. The number of aromatic nitrogens is 3. The molecule has 1 unspecified atom stereocenters. The number of thiazole rings is 1. The van der Waals surface area contributed by atoms with Crippen LogP contribution in [-0.4, -0.2) is 57.9 Å². The first-order valence-corrected chi connectivity index (χ1v) is 12.3. The summed E-state index contributed by atoms with van der Waals surface area (Å²) in [6.45, 7) is 5.74. The maximum absolute atomic E-state index is 13.2. The first kappa shape index (κ1) is 24.1. The number of hydrogen-bond acceptors (Lipinski definition) is 7. The molecule has 10 heteroatoms. The highest BCUT2D eigenvalue weighted by molar-refractivity contribution is 7.13. The van der Waals surface area contributed by atoms with E-state index in [4.69, 9.17) is 10.8 Å². The fourth-order valence-corrected chi connectivity index (χ4v) is 5.12. The molecule has 9 nitrogen and oxygen atoms in total. The Bertz CT molecular complexity index is 1220. The summed E-state index contributed by atoms with van der Waals surface area (Å²) in [5.74, 6) is 6.42. The number of nitrogens with one attached hydrogen (secondary N) is 1. The van der Waals surface area contributed by atoms with Gasteiger partial charge in [0, 0.05) is 25.7 Å². The predicted octanol–water partition coefficient (Wildman–Crippen LogP) is 2.96. The number of carbonyl (C=O) groups is 2. The number of carbonyl (C=O) groups excluding carboxylic acids is 2. The second-order valence-electron chi connectivity index (χ2n) is 8.54. The lowest BCUT2D eigenvalue weighted by atomic mass is 10.1. The summed E-state index contributed by atoms with van der Waals surface area (Å²) in [5.41, 5.74) is 2.75. The average molecular weight is 482 g/mol. The van der Waals surface area contributed by atoms with E-state index in [1.165, 1.54) is 11.3 Å². The molecule has 34 heavy (non-hydrogen) atoms. The van der Waals surface area contributed by atoms with Crippen molar-refractivity contribution in [2.24, 2.45) is 5.84 Å². The number of nitrogens with zero attached hydrogens (tertiary/aromatic N) is 5. The number of imidazole rings is 1. The number of likely N-dealkylation sites (N-methyl/N-ethyl adjacent to an activating group) is 1. The van der Waals surface area contributed by atoms with Crippen LogP contribution in [-0.2, 0) is 4.79 Å². The SMILES string of the molecule is CNC/C=C/C(=O)N1CCCCC(n2c(N(N)C(=O)c3cnc(C)s3)nc3cccc(C)c32)C1.